The second-order valence-electron chi connectivity index (χ2n) is 4.73. The molecule has 1 N–H and O–H groups in total. The van der Waals surface area contributed by atoms with Gasteiger partial charge in [0.2, 0.25) is 0 Å². The van der Waals surface area contributed by atoms with Crippen molar-refractivity contribution in [3.05, 3.63) is 21.9 Å². The van der Waals surface area contributed by atoms with Crippen LogP contribution in [0.1, 0.15) is 36.4 Å². The molecule has 1 aromatic heterocycles. The van der Waals surface area contributed by atoms with Gasteiger partial charge in [0.25, 0.3) is 0 Å². The molecule has 2 rings (SSSR count). The van der Waals surface area contributed by atoms with Gasteiger partial charge in [-0.1, -0.05) is 6.92 Å². The van der Waals surface area contributed by atoms with Gasteiger partial charge >= 0.3 is 0 Å². The van der Waals surface area contributed by atoms with E-state index >= 15 is 0 Å². The second-order valence-corrected chi connectivity index (χ2v) is 5.98. The number of hydrogen-bond acceptors (Lipinski definition) is 3. The normalized spacial score (nSPS) is 25.1. The van der Waals surface area contributed by atoms with E-state index < -0.39 is 0 Å². The van der Waals surface area contributed by atoms with Crippen molar-refractivity contribution in [1.82, 2.24) is 5.32 Å². The third-order valence-corrected chi connectivity index (χ3v) is 4.39. The third-order valence-electron chi connectivity index (χ3n) is 3.16. The minimum Gasteiger partial charge on any atom is -0.374 e. The Bertz CT molecular complexity index is 328. The summed E-state index contributed by atoms with van der Waals surface area (Å²) >= 11 is 1.91. The molecule has 0 radical (unpaired) electrons. The van der Waals surface area contributed by atoms with Gasteiger partial charge in [-0.2, -0.15) is 0 Å². The summed E-state index contributed by atoms with van der Waals surface area (Å²) in [6, 6.07) is 4.46. The maximum atomic E-state index is 5.75. The Morgan fingerprint density at radius 1 is 1.44 bits per heavy atom. The summed E-state index contributed by atoms with van der Waals surface area (Å²) in [5.41, 5.74) is 0.0743. The Kier molecular flexibility index (Phi) is 4.00. The van der Waals surface area contributed by atoms with Crippen LogP contribution in [0.3, 0.4) is 0 Å². The maximum absolute atomic E-state index is 5.75. The van der Waals surface area contributed by atoms with Crippen molar-refractivity contribution in [2.75, 3.05) is 13.2 Å². The highest BCUT2D eigenvalue weighted by Gasteiger charge is 2.28. The number of rotatable bonds is 5. The Morgan fingerprint density at radius 3 is 2.88 bits per heavy atom. The lowest BCUT2D eigenvalue weighted by molar-refractivity contribution is 0.0207. The molecule has 0 bridgehead atoms. The molecule has 2 nitrogen and oxygen atoms in total. The van der Waals surface area contributed by atoms with Gasteiger partial charge in [0, 0.05) is 29.5 Å². The van der Waals surface area contributed by atoms with Crippen molar-refractivity contribution in [3.8, 4) is 0 Å². The van der Waals surface area contributed by atoms with Crippen LogP contribution >= 0.6 is 11.3 Å². The number of hydrogen-bond donors (Lipinski definition) is 1. The van der Waals surface area contributed by atoms with Crippen molar-refractivity contribution in [2.24, 2.45) is 0 Å². The fraction of sp³-hybridized carbons (Fsp3) is 0.692. The molecule has 0 aliphatic carbocycles. The summed E-state index contributed by atoms with van der Waals surface area (Å²) in [6.07, 6.45) is 3.54. The molecule has 0 spiro atoms. The molecule has 90 valence electrons. The van der Waals surface area contributed by atoms with Crippen LogP contribution in [0.15, 0.2) is 12.1 Å². The van der Waals surface area contributed by atoms with Gasteiger partial charge in [0.1, 0.15) is 0 Å². The molecule has 0 saturated carbocycles. The lowest BCUT2D eigenvalue weighted by Gasteiger charge is -2.23. The first-order valence-corrected chi connectivity index (χ1v) is 6.96. The maximum Gasteiger partial charge on any atom is 0.0779 e. The summed E-state index contributed by atoms with van der Waals surface area (Å²) in [4.78, 5) is 2.90. The number of ether oxygens (including phenoxy) is 1. The molecule has 1 aliphatic rings. The zero-order valence-corrected chi connectivity index (χ0v) is 11.0. The van der Waals surface area contributed by atoms with Crippen LogP contribution in [0.5, 0.6) is 0 Å². The van der Waals surface area contributed by atoms with Gasteiger partial charge in [-0.25, -0.2) is 0 Å². The van der Waals surface area contributed by atoms with Gasteiger partial charge in [-0.05, 0) is 38.3 Å². The van der Waals surface area contributed by atoms with Crippen molar-refractivity contribution in [2.45, 2.75) is 45.3 Å². The van der Waals surface area contributed by atoms with Crippen LogP contribution in [0.4, 0.5) is 0 Å². The summed E-state index contributed by atoms with van der Waals surface area (Å²) < 4.78 is 5.75. The smallest absolute Gasteiger partial charge is 0.0779 e. The molecule has 1 unspecified atom stereocenters. The van der Waals surface area contributed by atoms with Crippen LogP contribution in [0, 0.1) is 0 Å². The predicted octanol–water partition coefficient (Wildman–Crippen LogP) is 2.97. The molecule has 3 heteroatoms. The molecule has 2 heterocycles. The van der Waals surface area contributed by atoms with E-state index in [2.05, 4.69) is 31.3 Å². The average Bonchev–Trinajstić information content (AvgIpc) is 2.88. The molecule has 1 fully saturated rings. The SMILES string of the molecule is CCc1ccc(CNCC2(C)CCCO2)s1. The van der Waals surface area contributed by atoms with Crippen LogP contribution in [0.2, 0.25) is 0 Å². The lowest BCUT2D eigenvalue weighted by Crippen LogP contribution is -2.36. The standard InChI is InChI=1S/C13H21NOS/c1-3-11-5-6-12(16-11)9-14-10-13(2)7-4-8-15-13/h5-6,14H,3-4,7-10H2,1-2H3. The van der Waals surface area contributed by atoms with E-state index in [1.807, 2.05) is 11.3 Å². The molecule has 1 aliphatic heterocycles. The summed E-state index contributed by atoms with van der Waals surface area (Å²) in [6.45, 7) is 7.28. The minimum absolute atomic E-state index is 0.0743. The van der Waals surface area contributed by atoms with E-state index in [0.717, 1.165) is 26.1 Å². The average molecular weight is 239 g/mol. The highest BCUT2D eigenvalue weighted by molar-refractivity contribution is 7.11. The Labute approximate surface area is 102 Å². The van der Waals surface area contributed by atoms with Crippen molar-refractivity contribution < 1.29 is 4.74 Å². The highest BCUT2D eigenvalue weighted by atomic mass is 32.1. The second kappa shape index (κ2) is 5.30. The van der Waals surface area contributed by atoms with Gasteiger partial charge in [0.15, 0.2) is 0 Å². The van der Waals surface area contributed by atoms with E-state index in [-0.39, 0.29) is 5.60 Å². The summed E-state index contributed by atoms with van der Waals surface area (Å²) in [7, 11) is 0. The van der Waals surface area contributed by atoms with Crippen LogP contribution in [-0.2, 0) is 17.7 Å². The van der Waals surface area contributed by atoms with Crippen molar-refractivity contribution >= 4 is 11.3 Å². The quantitative estimate of drug-likeness (QED) is 0.853. The predicted molar refractivity (Wildman–Crippen MR) is 69.0 cm³/mol. The first-order chi connectivity index (χ1) is 7.72. The van der Waals surface area contributed by atoms with Crippen LogP contribution in [-0.4, -0.2) is 18.8 Å². The summed E-state index contributed by atoms with van der Waals surface area (Å²) in [5, 5.41) is 3.51. The Morgan fingerprint density at radius 2 is 2.25 bits per heavy atom. The van der Waals surface area contributed by atoms with E-state index in [1.165, 1.54) is 22.6 Å². The van der Waals surface area contributed by atoms with E-state index in [9.17, 15) is 0 Å². The molecule has 0 aromatic carbocycles. The fourth-order valence-corrected chi connectivity index (χ4v) is 3.06. The van der Waals surface area contributed by atoms with Gasteiger partial charge in [0.05, 0.1) is 5.60 Å². The monoisotopic (exact) mass is 239 g/mol. The third kappa shape index (κ3) is 3.06. The van der Waals surface area contributed by atoms with E-state index in [4.69, 9.17) is 4.74 Å². The van der Waals surface area contributed by atoms with Gasteiger partial charge < -0.3 is 10.1 Å². The molecule has 0 amide bonds. The number of nitrogens with one attached hydrogen (secondary N) is 1. The molecular formula is C13H21NOS. The summed E-state index contributed by atoms with van der Waals surface area (Å²) in [5.74, 6) is 0. The number of aryl methyl sites for hydroxylation is 1. The zero-order valence-electron chi connectivity index (χ0n) is 10.2. The minimum atomic E-state index is 0.0743. The van der Waals surface area contributed by atoms with Gasteiger partial charge in [-0.15, -0.1) is 11.3 Å². The lowest BCUT2D eigenvalue weighted by atomic mass is 10.0. The van der Waals surface area contributed by atoms with Crippen molar-refractivity contribution in [1.29, 1.82) is 0 Å². The zero-order chi connectivity index (χ0) is 11.4. The molecule has 16 heavy (non-hydrogen) atoms. The number of thiophene rings is 1. The van der Waals surface area contributed by atoms with E-state index in [0.29, 0.717) is 0 Å². The molecule has 1 aromatic rings. The first kappa shape index (κ1) is 12.1. The van der Waals surface area contributed by atoms with Crippen molar-refractivity contribution in [3.63, 3.8) is 0 Å². The van der Waals surface area contributed by atoms with Crippen LogP contribution < -0.4 is 5.32 Å². The van der Waals surface area contributed by atoms with Gasteiger partial charge in [-0.3, -0.25) is 0 Å². The Hall–Kier alpha value is -0.380. The fourth-order valence-electron chi connectivity index (χ4n) is 2.13. The Balaban J connectivity index is 1.75. The van der Waals surface area contributed by atoms with Crippen LogP contribution in [0.25, 0.3) is 0 Å². The molecule has 1 atom stereocenters. The molecular weight excluding hydrogens is 218 g/mol. The van der Waals surface area contributed by atoms with E-state index in [1.54, 1.807) is 0 Å². The highest BCUT2D eigenvalue weighted by Crippen LogP contribution is 2.24. The first-order valence-electron chi connectivity index (χ1n) is 6.14. The topological polar surface area (TPSA) is 21.3 Å². The molecule has 1 saturated heterocycles. The largest absolute Gasteiger partial charge is 0.374 e.